The molecule has 0 saturated carbocycles. The molecule has 0 spiro atoms. The maximum Gasteiger partial charge on any atom is 0.322 e. The van der Waals surface area contributed by atoms with Gasteiger partial charge in [0.2, 0.25) is 5.82 Å². The number of aryl methyl sites for hydroxylation is 3. The van der Waals surface area contributed by atoms with E-state index in [1.54, 1.807) is 6.20 Å². The van der Waals surface area contributed by atoms with Crippen LogP contribution in [-0.4, -0.2) is 42.5 Å². The third-order valence-corrected chi connectivity index (χ3v) is 12.2. The monoisotopic (exact) mass is 562 g/mol. The highest BCUT2D eigenvalue weighted by Gasteiger charge is 2.33. The summed E-state index contributed by atoms with van der Waals surface area (Å²) < 4.78 is 7.89. The van der Waals surface area contributed by atoms with Crippen LogP contribution < -0.4 is 10.5 Å². The van der Waals surface area contributed by atoms with Gasteiger partial charge in [0.1, 0.15) is 31.6 Å². The van der Waals surface area contributed by atoms with Gasteiger partial charge in [-0.25, -0.2) is 29.9 Å². The van der Waals surface area contributed by atoms with Crippen molar-refractivity contribution in [1.82, 2.24) is 34.5 Å². The van der Waals surface area contributed by atoms with Crippen LogP contribution in [0, 0.1) is 25.3 Å². The van der Waals surface area contributed by atoms with Crippen LogP contribution in [-0.2, 0) is 7.05 Å². The second kappa shape index (κ2) is 10.4. The van der Waals surface area contributed by atoms with Crippen molar-refractivity contribution >= 4 is 24.9 Å². The van der Waals surface area contributed by atoms with E-state index in [0.717, 1.165) is 44.8 Å². The molecule has 2 N–H and O–H groups in total. The van der Waals surface area contributed by atoms with Crippen molar-refractivity contribution < 1.29 is 4.74 Å². The zero-order chi connectivity index (χ0) is 29.5. The van der Waals surface area contributed by atoms with Crippen LogP contribution in [0.1, 0.15) is 38.0 Å². The molecule has 4 aromatic heterocycles. The lowest BCUT2D eigenvalue weighted by Gasteiger charge is -2.31. The fourth-order valence-electron chi connectivity index (χ4n) is 4.30. The molecule has 0 aliphatic carbocycles. The standard InChI is InChI=1S/C31H34N8OSi/c1-19-13-15-33-30(37-19)40-22-11-9-21(10-12-22)25-26-28(32)35-18-36-29(26)39(6)27(25)23-17-34-24(38-20(23)2)14-16-41(7,8)31(3,4)5/h9-13,15,17-18H,1-8H3,(H2,32,35,36). The summed E-state index contributed by atoms with van der Waals surface area (Å²) in [7, 11) is 0.165. The van der Waals surface area contributed by atoms with Gasteiger partial charge in [0, 0.05) is 36.3 Å². The summed E-state index contributed by atoms with van der Waals surface area (Å²) in [4.78, 5) is 26.8. The normalized spacial score (nSPS) is 11.8. The number of rotatable bonds is 4. The number of hydrogen-bond donors (Lipinski definition) is 1. The molecular weight excluding hydrogens is 528 g/mol. The first-order chi connectivity index (χ1) is 19.4. The highest BCUT2D eigenvalue weighted by molar-refractivity contribution is 6.87. The number of nitrogens with two attached hydrogens (primary N) is 1. The molecule has 10 heteroatoms. The maximum atomic E-state index is 6.43. The Labute approximate surface area is 241 Å². The maximum absolute atomic E-state index is 6.43. The third kappa shape index (κ3) is 5.41. The van der Waals surface area contributed by atoms with Crippen molar-refractivity contribution in [3.05, 3.63) is 66.3 Å². The van der Waals surface area contributed by atoms with Gasteiger partial charge in [0.25, 0.3) is 0 Å². The number of aromatic nitrogens is 7. The number of hydrogen-bond acceptors (Lipinski definition) is 8. The number of ether oxygens (including phenoxy) is 1. The Morgan fingerprint density at radius 3 is 2.34 bits per heavy atom. The van der Waals surface area contributed by atoms with E-state index in [9.17, 15) is 0 Å². The van der Waals surface area contributed by atoms with E-state index in [0.29, 0.717) is 23.4 Å². The van der Waals surface area contributed by atoms with Gasteiger partial charge in [-0.1, -0.05) is 46.0 Å². The van der Waals surface area contributed by atoms with Gasteiger partial charge in [0.05, 0.1) is 16.8 Å². The molecule has 0 radical (unpaired) electrons. The van der Waals surface area contributed by atoms with E-state index in [4.69, 9.17) is 15.5 Å². The van der Waals surface area contributed by atoms with E-state index in [1.165, 1.54) is 6.33 Å². The minimum Gasteiger partial charge on any atom is -0.424 e. The van der Waals surface area contributed by atoms with Crippen LogP contribution in [0.3, 0.4) is 0 Å². The number of benzene rings is 1. The predicted molar refractivity (Wildman–Crippen MR) is 165 cm³/mol. The SMILES string of the molecule is Cc1ccnc(Oc2ccc(-c3c(-c4cnc(C#C[Si](C)(C)C(C)(C)C)nc4C)n(C)c4ncnc(N)c34)cc2)n1. The van der Waals surface area contributed by atoms with E-state index in [-0.39, 0.29) is 5.04 Å². The van der Waals surface area contributed by atoms with Crippen LogP contribution in [0.15, 0.2) is 49.1 Å². The molecule has 1 aromatic carbocycles. The Morgan fingerprint density at radius 2 is 1.68 bits per heavy atom. The van der Waals surface area contributed by atoms with Gasteiger partial charge < -0.3 is 15.0 Å². The van der Waals surface area contributed by atoms with Crippen molar-refractivity contribution in [2.24, 2.45) is 7.05 Å². The minimum atomic E-state index is -1.80. The molecule has 5 rings (SSSR count). The van der Waals surface area contributed by atoms with Gasteiger partial charge in [-0.15, -0.1) is 5.54 Å². The first-order valence-corrected chi connectivity index (χ1v) is 16.4. The Kier molecular flexibility index (Phi) is 7.09. The smallest absolute Gasteiger partial charge is 0.322 e. The highest BCUT2D eigenvalue weighted by Crippen LogP contribution is 2.42. The summed E-state index contributed by atoms with van der Waals surface area (Å²) in [5.74, 6) is 4.80. The average molecular weight is 563 g/mol. The third-order valence-electron chi connectivity index (χ3n) is 7.72. The van der Waals surface area contributed by atoms with Gasteiger partial charge in [-0.2, -0.15) is 0 Å². The number of anilines is 1. The fourth-order valence-corrected chi connectivity index (χ4v) is 5.10. The zero-order valence-corrected chi connectivity index (χ0v) is 25.7. The van der Waals surface area contributed by atoms with Gasteiger partial charge >= 0.3 is 6.01 Å². The molecule has 0 aliphatic rings. The van der Waals surface area contributed by atoms with Crippen LogP contribution in [0.4, 0.5) is 5.82 Å². The van der Waals surface area contributed by atoms with E-state index in [2.05, 4.69) is 70.2 Å². The van der Waals surface area contributed by atoms with Gasteiger partial charge in [0.15, 0.2) is 0 Å². The average Bonchev–Trinajstić information content (AvgIpc) is 3.21. The molecule has 0 amide bonds. The Hall–Kier alpha value is -4.62. The van der Waals surface area contributed by atoms with Crippen molar-refractivity contribution in [3.8, 4) is 45.6 Å². The first-order valence-electron chi connectivity index (χ1n) is 13.4. The van der Waals surface area contributed by atoms with E-state index in [1.807, 2.05) is 62.0 Å². The molecular formula is C31H34N8OSi. The van der Waals surface area contributed by atoms with Crippen LogP contribution >= 0.6 is 0 Å². The summed E-state index contributed by atoms with van der Waals surface area (Å²) in [5, 5.41) is 0.920. The number of nitrogens with zero attached hydrogens (tertiary/aromatic N) is 7. The van der Waals surface area contributed by atoms with Gasteiger partial charge in [-0.3, -0.25) is 0 Å². The minimum absolute atomic E-state index is 0.154. The predicted octanol–water partition coefficient (Wildman–Crippen LogP) is 6.27. The number of nitrogen functional groups attached to an aromatic ring is 1. The van der Waals surface area contributed by atoms with Crippen molar-refractivity contribution in [2.75, 3.05) is 5.73 Å². The molecule has 0 unspecified atom stereocenters. The molecule has 0 bridgehead atoms. The Bertz CT molecular complexity index is 1830. The lowest BCUT2D eigenvalue weighted by atomic mass is 9.99. The summed E-state index contributed by atoms with van der Waals surface area (Å²) in [5.41, 5.74) is 15.9. The second-order valence-corrected chi connectivity index (χ2v) is 16.7. The molecule has 0 atom stereocenters. The number of fused-ring (bicyclic) bond motifs is 1. The molecule has 41 heavy (non-hydrogen) atoms. The highest BCUT2D eigenvalue weighted by atomic mass is 28.3. The Morgan fingerprint density at radius 1 is 0.951 bits per heavy atom. The molecule has 0 saturated heterocycles. The van der Waals surface area contributed by atoms with E-state index >= 15 is 0 Å². The topological polar surface area (TPSA) is 118 Å². The van der Waals surface area contributed by atoms with Crippen molar-refractivity contribution in [2.45, 2.75) is 52.8 Å². The second-order valence-electron chi connectivity index (χ2n) is 11.7. The van der Waals surface area contributed by atoms with Crippen LogP contribution in [0.25, 0.3) is 33.4 Å². The largest absolute Gasteiger partial charge is 0.424 e. The van der Waals surface area contributed by atoms with Crippen molar-refractivity contribution in [1.29, 1.82) is 0 Å². The first kappa shape index (κ1) is 27.9. The lowest BCUT2D eigenvalue weighted by Crippen LogP contribution is -2.35. The van der Waals surface area contributed by atoms with E-state index < -0.39 is 8.07 Å². The lowest BCUT2D eigenvalue weighted by molar-refractivity contribution is 0.440. The summed E-state index contributed by atoms with van der Waals surface area (Å²) >= 11 is 0. The summed E-state index contributed by atoms with van der Waals surface area (Å²) in [6.45, 7) is 15.2. The van der Waals surface area contributed by atoms with Crippen LogP contribution in [0.5, 0.6) is 11.8 Å². The zero-order valence-electron chi connectivity index (χ0n) is 24.7. The molecule has 0 aliphatic heterocycles. The summed E-state index contributed by atoms with van der Waals surface area (Å²) in [6, 6.07) is 9.84. The molecule has 208 valence electrons. The Balaban J connectivity index is 1.60. The molecule has 4 heterocycles. The summed E-state index contributed by atoms with van der Waals surface area (Å²) in [6.07, 6.45) is 4.99. The van der Waals surface area contributed by atoms with Crippen molar-refractivity contribution in [3.63, 3.8) is 0 Å². The molecule has 9 nitrogen and oxygen atoms in total. The molecule has 0 fully saturated rings. The quantitative estimate of drug-likeness (QED) is 0.201. The fraction of sp³-hybridized carbons (Fsp3) is 0.290. The molecule has 5 aromatic rings. The van der Waals surface area contributed by atoms with Crippen LogP contribution in [0.2, 0.25) is 18.1 Å². The van der Waals surface area contributed by atoms with Gasteiger partial charge in [-0.05, 0) is 48.6 Å².